The second-order valence-electron chi connectivity index (χ2n) is 7.45. The maximum atomic E-state index is 12.8. The van der Waals surface area contributed by atoms with Gasteiger partial charge in [-0.15, -0.1) is 0 Å². The zero-order valence-corrected chi connectivity index (χ0v) is 16.3. The summed E-state index contributed by atoms with van der Waals surface area (Å²) in [5.74, 6) is -0.258. The van der Waals surface area contributed by atoms with Crippen molar-refractivity contribution in [2.24, 2.45) is 0 Å². The number of carbonyl (C=O) groups excluding carboxylic acids is 2. The van der Waals surface area contributed by atoms with E-state index in [1.54, 1.807) is 13.0 Å². The second-order valence-corrected chi connectivity index (χ2v) is 7.45. The standard InChI is InChI=1S/C21H30N2O4/c1-15-8-7-10-18(21(25)23-11-4-5-12-23)19(15)22-20(24)16(2)27-14-17-9-3-6-13-26-17/h7-8,10,16-17H,3-6,9,11-14H2,1-2H3,(H,22,24). The van der Waals surface area contributed by atoms with Gasteiger partial charge in [0.2, 0.25) is 0 Å². The van der Waals surface area contributed by atoms with Gasteiger partial charge in [0.15, 0.2) is 0 Å². The lowest BCUT2D eigenvalue weighted by Gasteiger charge is -2.24. The predicted molar refractivity (Wildman–Crippen MR) is 104 cm³/mol. The second kappa shape index (κ2) is 9.33. The monoisotopic (exact) mass is 374 g/mol. The van der Waals surface area contributed by atoms with Crippen molar-refractivity contribution in [2.75, 3.05) is 31.6 Å². The minimum atomic E-state index is -0.607. The largest absolute Gasteiger partial charge is 0.376 e. The van der Waals surface area contributed by atoms with Crippen molar-refractivity contribution in [3.8, 4) is 0 Å². The van der Waals surface area contributed by atoms with Crippen LogP contribution < -0.4 is 5.32 Å². The van der Waals surface area contributed by atoms with Crippen LogP contribution in [-0.4, -0.2) is 55.2 Å². The zero-order chi connectivity index (χ0) is 19.2. The van der Waals surface area contributed by atoms with Gasteiger partial charge in [-0.05, 0) is 57.6 Å². The third-order valence-corrected chi connectivity index (χ3v) is 5.32. The molecule has 0 aromatic heterocycles. The predicted octanol–water partition coefficient (Wildman–Crippen LogP) is 3.14. The quantitative estimate of drug-likeness (QED) is 0.831. The van der Waals surface area contributed by atoms with Crippen LogP contribution in [0.2, 0.25) is 0 Å². The molecule has 0 bridgehead atoms. The Morgan fingerprint density at radius 2 is 2.04 bits per heavy atom. The Balaban J connectivity index is 1.63. The molecule has 1 aromatic rings. The molecule has 1 aromatic carbocycles. The molecule has 3 rings (SSSR count). The third kappa shape index (κ3) is 5.08. The number of amides is 2. The number of hydrogen-bond acceptors (Lipinski definition) is 4. The summed E-state index contributed by atoms with van der Waals surface area (Å²) >= 11 is 0. The first-order valence-electron chi connectivity index (χ1n) is 9.99. The fraction of sp³-hybridized carbons (Fsp3) is 0.619. The maximum absolute atomic E-state index is 12.8. The van der Waals surface area contributed by atoms with Crippen molar-refractivity contribution in [1.82, 2.24) is 4.90 Å². The van der Waals surface area contributed by atoms with Crippen LogP contribution in [0.3, 0.4) is 0 Å². The average Bonchev–Trinajstić information content (AvgIpc) is 3.22. The number of aryl methyl sites for hydroxylation is 1. The van der Waals surface area contributed by atoms with Gasteiger partial charge in [-0.1, -0.05) is 12.1 Å². The summed E-state index contributed by atoms with van der Waals surface area (Å²) in [5.41, 5.74) is 2.01. The molecular weight excluding hydrogens is 344 g/mol. The lowest BCUT2D eigenvalue weighted by molar-refractivity contribution is -0.130. The molecule has 6 heteroatoms. The Labute approximate surface area is 161 Å². The van der Waals surface area contributed by atoms with Crippen LogP contribution in [0.4, 0.5) is 5.69 Å². The average molecular weight is 374 g/mol. The van der Waals surface area contributed by atoms with Crippen molar-refractivity contribution in [3.63, 3.8) is 0 Å². The summed E-state index contributed by atoms with van der Waals surface area (Å²) in [6.07, 6.45) is 4.74. The highest BCUT2D eigenvalue weighted by atomic mass is 16.5. The smallest absolute Gasteiger partial charge is 0.255 e. The molecule has 2 atom stereocenters. The van der Waals surface area contributed by atoms with E-state index in [0.29, 0.717) is 17.9 Å². The molecule has 2 aliphatic heterocycles. The first-order chi connectivity index (χ1) is 13.1. The molecule has 0 spiro atoms. The number of hydrogen-bond donors (Lipinski definition) is 1. The number of rotatable bonds is 6. The molecule has 1 N–H and O–H groups in total. The van der Waals surface area contributed by atoms with Crippen LogP contribution in [0.15, 0.2) is 18.2 Å². The SMILES string of the molecule is Cc1cccc(C(=O)N2CCCC2)c1NC(=O)C(C)OCC1CCCCO1. The normalized spacial score (nSPS) is 21.1. The number of nitrogens with zero attached hydrogens (tertiary/aromatic N) is 1. The molecular formula is C21H30N2O4. The van der Waals surface area contributed by atoms with E-state index < -0.39 is 6.10 Å². The molecule has 2 fully saturated rings. The van der Waals surface area contributed by atoms with Crippen molar-refractivity contribution in [2.45, 2.75) is 58.2 Å². The summed E-state index contributed by atoms with van der Waals surface area (Å²) < 4.78 is 11.4. The van der Waals surface area contributed by atoms with Gasteiger partial charge in [-0.2, -0.15) is 0 Å². The number of para-hydroxylation sites is 1. The number of carbonyl (C=O) groups is 2. The summed E-state index contributed by atoms with van der Waals surface area (Å²) in [4.78, 5) is 27.3. The number of likely N-dealkylation sites (tertiary alicyclic amines) is 1. The summed E-state index contributed by atoms with van der Waals surface area (Å²) in [6.45, 7) is 6.38. The van der Waals surface area contributed by atoms with Crippen LogP contribution in [0.1, 0.15) is 54.9 Å². The Hall–Kier alpha value is -1.92. The molecule has 27 heavy (non-hydrogen) atoms. The molecule has 2 saturated heterocycles. The van der Waals surface area contributed by atoms with Crippen LogP contribution in [0.25, 0.3) is 0 Å². The first kappa shape index (κ1) is 19.8. The van der Waals surface area contributed by atoms with E-state index in [1.807, 2.05) is 24.0 Å². The number of nitrogens with one attached hydrogen (secondary N) is 1. The molecule has 0 radical (unpaired) electrons. The van der Waals surface area contributed by atoms with E-state index in [9.17, 15) is 9.59 Å². The Morgan fingerprint density at radius 3 is 2.74 bits per heavy atom. The maximum Gasteiger partial charge on any atom is 0.255 e. The van der Waals surface area contributed by atoms with E-state index in [4.69, 9.17) is 9.47 Å². The highest BCUT2D eigenvalue weighted by molar-refractivity contribution is 6.05. The molecule has 148 valence electrons. The summed E-state index contributed by atoms with van der Waals surface area (Å²) in [6, 6.07) is 5.54. The number of anilines is 1. The highest BCUT2D eigenvalue weighted by Gasteiger charge is 2.25. The van der Waals surface area contributed by atoms with Crippen molar-refractivity contribution < 1.29 is 19.1 Å². The number of ether oxygens (including phenoxy) is 2. The van der Waals surface area contributed by atoms with Crippen molar-refractivity contribution in [3.05, 3.63) is 29.3 Å². The Bertz CT molecular complexity index is 664. The molecule has 0 aliphatic carbocycles. The van der Waals surface area contributed by atoms with Crippen LogP contribution in [-0.2, 0) is 14.3 Å². The molecule has 2 amide bonds. The van der Waals surface area contributed by atoms with Gasteiger partial charge in [0.1, 0.15) is 6.10 Å². The van der Waals surface area contributed by atoms with Gasteiger partial charge in [0, 0.05) is 19.7 Å². The van der Waals surface area contributed by atoms with E-state index in [2.05, 4.69) is 5.32 Å². The van der Waals surface area contributed by atoms with Gasteiger partial charge < -0.3 is 19.7 Å². The summed E-state index contributed by atoms with van der Waals surface area (Å²) in [5, 5.41) is 2.92. The number of benzene rings is 1. The fourth-order valence-corrected chi connectivity index (χ4v) is 3.59. The topological polar surface area (TPSA) is 67.9 Å². The van der Waals surface area contributed by atoms with Gasteiger partial charge in [0.05, 0.1) is 24.0 Å². The summed E-state index contributed by atoms with van der Waals surface area (Å²) in [7, 11) is 0. The van der Waals surface area contributed by atoms with Crippen molar-refractivity contribution in [1.29, 1.82) is 0 Å². The molecule has 2 aliphatic rings. The minimum Gasteiger partial charge on any atom is -0.376 e. The molecule has 2 heterocycles. The fourth-order valence-electron chi connectivity index (χ4n) is 3.59. The molecule has 6 nitrogen and oxygen atoms in total. The molecule has 2 unspecified atom stereocenters. The van der Waals surface area contributed by atoms with Crippen LogP contribution >= 0.6 is 0 Å². The first-order valence-corrected chi connectivity index (χ1v) is 9.99. The van der Waals surface area contributed by atoms with Gasteiger partial charge in [-0.3, -0.25) is 9.59 Å². The van der Waals surface area contributed by atoms with E-state index in [-0.39, 0.29) is 17.9 Å². The highest BCUT2D eigenvalue weighted by Crippen LogP contribution is 2.24. The van der Waals surface area contributed by atoms with E-state index in [0.717, 1.165) is 57.4 Å². The van der Waals surface area contributed by atoms with Gasteiger partial charge >= 0.3 is 0 Å². The van der Waals surface area contributed by atoms with E-state index >= 15 is 0 Å². The molecule has 0 saturated carbocycles. The van der Waals surface area contributed by atoms with Crippen LogP contribution in [0.5, 0.6) is 0 Å². The van der Waals surface area contributed by atoms with Crippen molar-refractivity contribution >= 4 is 17.5 Å². The lowest BCUT2D eigenvalue weighted by Crippen LogP contribution is -2.34. The van der Waals surface area contributed by atoms with E-state index in [1.165, 1.54) is 0 Å². The van der Waals surface area contributed by atoms with Gasteiger partial charge in [-0.25, -0.2) is 0 Å². The minimum absolute atomic E-state index is 0.0179. The zero-order valence-electron chi connectivity index (χ0n) is 16.3. The lowest BCUT2D eigenvalue weighted by atomic mass is 10.1. The van der Waals surface area contributed by atoms with Gasteiger partial charge in [0.25, 0.3) is 11.8 Å². The Kier molecular flexibility index (Phi) is 6.85. The van der Waals surface area contributed by atoms with Crippen LogP contribution in [0, 0.1) is 6.92 Å². The Morgan fingerprint density at radius 1 is 1.26 bits per heavy atom. The third-order valence-electron chi connectivity index (χ3n) is 5.32.